The van der Waals surface area contributed by atoms with Crippen LogP contribution < -0.4 is 17.6 Å². The number of hydrogen-bond acceptors (Lipinski definition) is 10. The number of hydrogen-bond donors (Lipinski definition) is 5. The number of halogens is 1. The number of nitrogens with zero attached hydrogens (tertiary/aromatic N) is 2. The van der Waals surface area contributed by atoms with Crippen LogP contribution in [0.25, 0.3) is 0 Å². The van der Waals surface area contributed by atoms with Crippen molar-refractivity contribution < 1.29 is 28.7 Å². The summed E-state index contributed by atoms with van der Waals surface area (Å²) in [5.41, 5.74) is 4.78. The molecule has 2 fully saturated rings. The molecule has 11 nitrogen and oxygen atoms in total. The third-order valence-electron chi connectivity index (χ3n) is 3.18. The van der Waals surface area contributed by atoms with E-state index >= 15 is 0 Å². The molecule has 13 heteroatoms. The van der Waals surface area contributed by atoms with Crippen LogP contribution in [0.4, 0.5) is 5.82 Å². The second kappa shape index (κ2) is 6.07. The Labute approximate surface area is 133 Å². The van der Waals surface area contributed by atoms with Crippen molar-refractivity contribution in [3.05, 3.63) is 21.2 Å². The maximum absolute atomic E-state index is 11.9. The van der Waals surface area contributed by atoms with Crippen LogP contribution in [-0.2, 0) is 13.8 Å². The van der Waals surface area contributed by atoms with Gasteiger partial charge >= 0.3 is 13.9 Å². The number of rotatable bonds is 1. The fourth-order valence-corrected chi connectivity index (χ4v) is 3.50. The highest BCUT2D eigenvalue weighted by Gasteiger charge is 2.59. The zero-order valence-electron chi connectivity index (χ0n) is 11.1. The van der Waals surface area contributed by atoms with E-state index in [2.05, 4.69) is 20.9 Å². The molecule has 0 saturated carbocycles. The Morgan fingerprint density at radius 2 is 2.18 bits per heavy atom. The van der Waals surface area contributed by atoms with E-state index < -0.39 is 38.4 Å². The fourth-order valence-electron chi connectivity index (χ4n) is 2.21. The number of aliphatic hydroxyl groups excluding tert-OH is 1. The van der Waals surface area contributed by atoms with Crippen molar-refractivity contribution in [3.8, 4) is 0 Å². The molecule has 0 spiro atoms. The first kappa shape index (κ1) is 17.7. The molecule has 124 valence electrons. The molecule has 3 rings (SSSR count). The maximum Gasteiger partial charge on any atom is 0.570 e. The monoisotopic (exact) mass is 401 g/mol. The highest BCUT2D eigenvalue weighted by atomic mass is 79.9. The first-order valence-corrected chi connectivity index (χ1v) is 8.16. The molecule has 0 amide bonds. The molecule has 3 heterocycles. The van der Waals surface area contributed by atoms with E-state index in [-0.39, 0.29) is 18.6 Å². The van der Waals surface area contributed by atoms with Crippen molar-refractivity contribution in [2.24, 2.45) is 0 Å². The summed E-state index contributed by atoms with van der Waals surface area (Å²) in [4.78, 5) is 34.2. The Morgan fingerprint density at radius 3 is 2.86 bits per heavy atom. The molecule has 1 aromatic rings. The summed E-state index contributed by atoms with van der Waals surface area (Å²) < 4.78 is 16.5. The first-order chi connectivity index (χ1) is 9.78. The molecule has 0 bridgehead atoms. The standard InChI is InChI=1S/C9H11BrN3O7P.H3N/c10-3-1-13(9(15)12-7(3)11)8-5(14)6-4(19-8)2-18-21(16,17)20-6;/h1,4-6,8,14,16-17H,2H2,(H-,11,12,15);1H3/p+1/t4-,5-,6-,8-;/m1./s1. The van der Waals surface area contributed by atoms with Gasteiger partial charge in [0.1, 0.15) is 24.6 Å². The second-order valence-electron chi connectivity index (χ2n) is 4.58. The van der Waals surface area contributed by atoms with E-state index in [0.29, 0.717) is 4.47 Å². The summed E-state index contributed by atoms with van der Waals surface area (Å²) in [5.74, 6) is 0.0106. The van der Waals surface area contributed by atoms with E-state index in [1.807, 2.05) is 0 Å². The molecule has 2 saturated heterocycles. The van der Waals surface area contributed by atoms with E-state index in [0.717, 1.165) is 4.57 Å². The van der Waals surface area contributed by atoms with Gasteiger partial charge in [-0.1, -0.05) is 0 Å². The molecular weight excluding hydrogens is 387 g/mol. The van der Waals surface area contributed by atoms with Crippen LogP contribution in [-0.4, -0.2) is 49.4 Å². The smallest absolute Gasteiger partial charge is 0.385 e. The summed E-state index contributed by atoms with van der Waals surface area (Å²) in [6.07, 6.45) is -2.82. The van der Waals surface area contributed by atoms with Crippen molar-refractivity contribution in [1.29, 1.82) is 0 Å². The molecule has 0 unspecified atom stereocenters. The van der Waals surface area contributed by atoms with Crippen molar-refractivity contribution in [2.75, 3.05) is 12.3 Å². The molecule has 4 atom stereocenters. The van der Waals surface area contributed by atoms with Gasteiger partial charge < -0.3 is 21.7 Å². The first-order valence-electron chi connectivity index (χ1n) is 5.84. The quantitative estimate of drug-likeness (QED) is 0.368. The Hall–Kier alpha value is -0.690. The average molecular weight is 402 g/mol. The molecule has 0 radical (unpaired) electrons. The average Bonchev–Trinajstić information content (AvgIpc) is 2.70. The number of nitrogens with two attached hydrogens (primary N) is 1. The van der Waals surface area contributed by atoms with Crippen LogP contribution in [0.15, 0.2) is 15.5 Å². The third kappa shape index (κ3) is 3.02. The highest BCUT2D eigenvalue weighted by molar-refractivity contribution is 9.10. The van der Waals surface area contributed by atoms with E-state index in [1.165, 1.54) is 6.20 Å². The third-order valence-corrected chi connectivity index (χ3v) is 4.80. The molecule has 0 aliphatic carbocycles. The van der Waals surface area contributed by atoms with Gasteiger partial charge in [-0.3, -0.25) is 4.57 Å². The van der Waals surface area contributed by atoms with Gasteiger partial charge in [0.25, 0.3) is 0 Å². The predicted octanol–water partition coefficient (Wildman–Crippen LogP) is -0.914. The number of aliphatic hydroxyl groups is 1. The van der Waals surface area contributed by atoms with Crippen molar-refractivity contribution in [3.63, 3.8) is 0 Å². The van der Waals surface area contributed by atoms with Crippen LogP contribution >= 0.6 is 24.1 Å². The Balaban J connectivity index is 0.00000176. The van der Waals surface area contributed by atoms with Gasteiger partial charge in [0.2, 0.25) is 0 Å². The van der Waals surface area contributed by atoms with Gasteiger partial charge in [0, 0.05) is 6.20 Å². The Bertz CT molecular complexity index is 628. The second-order valence-corrected chi connectivity index (χ2v) is 6.88. The summed E-state index contributed by atoms with van der Waals surface area (Å²) in [5, 5.41) is 10.2. The molecular formula is C9H15BrN4O7P+. The minimum Gasteiger partial charge on any atom is -0.385 e. The molecule has 22 heavy (non-hydrogen) atoms. The van der Waals surface area contributed by atoms with Gasteiger partial charge in [-0.05, 0) is 15.9 Å². The van der Waals surface area contributed by atoms with Crippen molar-refractivity contribution in [1.82, 2.24) is 15.7 Å². The minimum atomic E-state index is -3.96. The Morgan fingerprint density at radius 1 is 1.50 bits per heavy atom. The van der Waals surface area contributed by atoms with Crippen LogP contribution in [0.1, 0.15) is 6.23 Å². The lowest BCUT2D eigenvalue weighted by molar-refractivity contribution is -0.0763. The zero-order chi connectivity index (χ0) is 15.4. The van der Waals surface area contributed by atoms with Crippen LogP contribution in [0.2, 0.25) is 0 Å². The van der Waals surface area contributed by atoms with Crippen LogP contribution in [0.3, 0.4) is 0 Å². The fraction of sp³-hybridized carbons (Fsp3) is 0.556. The normalized spacial score (nSPS) is 33.1. The number of anilines is 1. The topological polar surface area (TPSA) is 184 Å². The SMILES string of the molecule is N.Nc1nc(=O)n([C@@H]2O[C@@H]3CO[P+](O)(O)O[C@H]3[C@H]2O)cc1Br. The Kier molecular flexibility index (Phi) is 4.88. The zero-order valence-corrected chi connectivity index (χ0v) is 13.6. The summed E-state index contributed by atoms with van der Waals surface area (Å²) in [7, 11) is -3.96. The van der Waals surface area contributed by atoms with Gasteiger partial charge in [-0.15, -0.1) is 4.52 Å². The van der Waals surface area contributed by atoms with E-state index in [9.17, 15) is 19.7 Å². The van der Waals surface area contributed by atoms with E-state index in [4.69, 9.17) is 19.5 Å². The molecule has 8 N–H and O–H groups in total. The number of aromatic nitrogens is 2. The summed E-state index contributed by atoms with van der Waals surface area (Å²) in [6, 6.07) is 0. The summed E-state index contributed by atoms with van der Waals surface area (Å²) >= 11 is 3.13. The molecule has 1 aromatic heterocycles. The van der Waals surface area contributed by atoms with E-state index in [1.54, 1.807) is 0 Å². The highest BCUT2D eigenvalue weighted by Crippen LogP contribution is 2.58. The molecule has 0 aromatic carbocycles. The summed E-state index contributed by atoms with van der Waals surface area (Å²) in [6.45, 7) is -0.169. The van der Waals surface area contributed by atoms with Crippen molar-refractivity contribution in [2.45, 2.75) is 24.5 Å². The van der Waals surface area contributed by atoms with Crippen LogP contribution in [0, 0.1) is 0 Å². The lowest BCUT2D eigenvalue weighted by Gasteiger charge is -2.24. The van der Waals surface area contributed by atoms with Gasteiger partial charge in [-0.2, -0.15) is 19.3 Å². The number of nitrogen functional groups attached to an aromatic ring is 1. The largest absolute Gasteiger partial charge is 0.570 e. The molecule has 2 aliphatic heterocycles. The minimum absolute atomic E-state index is 0. The molecule has 2 aliphatic rings. The van der Waals surface area contributed by atoms with Crippen LogP contribution in [0.5, 0.6) is 0 Å². The van der Waals surface area contributed by atoms with Gasteiger partial charge in [0.15, 0.2) is 12.3 Å². The number of fused-ring (bicyclic) bond motifs is 1. The lowest BCUT2D eigenvalue weighted by atomic mass is 10.1. The van der Waals surface area contributed by atoms with Gasteiger partial charge in [-0.25, -0.2) is 4.79 Å². The lowest BCUT2D eigenvalue weighted by Crippen LogP contribution is -2.41. The maximum atomic E-state index is 11.9. The van der Waals surface area contributed by atoms with Gasteiger partial charge in [0.05, 0.1) is 4.47 Å². The number of ether oxygens (including phenoxy) is 1. The predicted molar refractivity (Wildman–Crippen MR) is 77.7 cm³/mol. The van der Waals surface area contributed by atoms with Crippen molar-refractivity contribution >= 4 is 29.9 Å².